The molecule has 1 aromatic heterocycles. The fraction of sp³-hybridized carbons (Fsp3) is 0.118. The summed E-state index contributed by atoms with van der Waals surface area (Å²) in [6, 6.07) is 9.48. The number of hydrogen-bond donors (Lipinski definition) is 0. The number of thioether (sulfide) groups is 1. The Labute approximate surface area is 145 Å². The van der Waals surface area contributed by atoms with Gasteiger partial charge in [-0.15, -0.1) is 0 Å². The predicted octanol–water partition coefficient (Wildman–Crippen LogP) is 2.93. The van der Waals surface area contributed by atoms with E-state index in [0.717, 1.165) is 28.5 Å². The molecule has 25 heavy (non-hydrogen) atoms. The number of hydrogen-bond acceptors (Lipinski definition) is 5. The van der Waals surface area contributed by atoms with Gasteiger partial charge in [-0.3, -0.25) is 14.2 Å². The number of carbonyl (C=O) groups excluding carboxylic acids is 1. The number of ether oxygens (including phenoxy) is 1. The summed E-state index contributed by atoms with van der Waals surface area (Å²) in [7, 11) is 1.24. The molecule has 0 fully saturated rings. The molecule has 0 amide bonds. The minimum atomic E-state index is -0.904. The van der Waals surface area contributed by atoms with Crippen molar-refractivity contribution in [2.75, 3.05) is 12.9 Å². The third kappa shape index (κ3) is 3.39. The molecule has 0 aliphatic heterocycles. The molecule has 8 heteroatoms. The first-order valence-corrected chi connectivity index (χ1v) is 8.16. The summed E-state index contributed by atoms with van der Waals surface area (Å²) in [5.41, 5.74) is -0.237. The minimum absolute atomic E-state index is 0.107. The zero-order valence-corrected chi connectivity index (χ0v) is 13.8. The normalized spacial score (nSPS) is 10.8. The molecule has 0 bridgehead atoms. The van der Waals surface area contributed by atoms with Crippen LogP contribution in [-0.4, -0.2) is 28.4 Å². The van der Waals surface area contributed by atoms with Crippen LogP contribution in [0.2, 0.25) is 0 Å². The molecule has 0 spiro atoms. The Hall–Kier alpha value is -2.74. The molecule has 2 aromatic carbocycles. The van der Waals surface area contributed by atoms with E-state index in [1.165, 1.54) is 7.11 Å². The lowest BCUT2D eigenvalue weighted by Gasteiger charge is -2.13. The van der Waals surface area contributed by atoms with Crippen LogP contribution in [0.4, 0.5) is 8.78 Å². The number of nitrogens with zero attached hydrogens (tertiary/aromatic N) is 2. The van der Waals surface area contributed by atoms with Crippen molar-refractivity contribution in [2.45, 2.75) is 5.16 Å². The maximum atomic E-state index is 14.2. The van der Waals surface area contributed by atoms with E-state index in [1.54, 1.807) is 24.3 Å². The van der Waals surface area contributed by atoms with Gasteiger partial charge in [0.15, 0.2) is 5.16 Å². The van der Waals surface area contributed by atoms with Crippen molar-refractivity contribution in [3.8, 4) is 5.69 Å². The molecule has 0 aliphatic carbocycles. The fourth-order valence-corrected chi connectivity index (χ4v) is 3.10. The summed E-state index contributed by atoms with van der Waals surface area (Å²) in [5, 5.41) is 0.397. The minimum Gasteiger partial charge on any atom is -0.468 e. The molecule has 3 aromatic rings. The summed E-state index contributed by atoms with van der Waals surface area (Å²) < 4.78 is 33.0. The Balaban J connectivity index is 2.24. The number of halogens is 2. The average Bonchev–Trinajstić information content (AvgIpc) is 2.61. The Bertz CT molecular complexity index is 1020. The number of para-hydroxylation sites is 1. The van der Waals surface area contributed by atoms with Crippen LogP contribution in [0, 0.1) is 11.6 Å². The highest BCUT2D eigenvalue weighted by Crippen LogP contribution is 2.23. The molecule has 0 radical (unpaired) electrons. The van der Waals surface area contributed by atoms with Crippen molar-refractivity contribution in [2.24, 2.45) is 0 Å². The van der Waals surface area contributed by atoms with Gasteiger partial charge in [0.1, 0.15) is 11.6 Å². The van der Waals surface area contributed by atoms with Crippen LogP contribution >= 0.6 is 11.8 Å². The lowest BCUT2D eigenvalue weighted by Crippen LogP contribution is -2.23. The summed E-state index contributed by atoms with van der Waals surface area (Å²) >= 11 is 0.933. The summed E-state index contributed by atoms with van der Waals surface area (Å²) in [5.74, 6) is -2.28. The van der Waals surface area contributed by atoms with E-state index >= 15 is 0 Å². The highest BCUT2D eigenvalue weighted by atomic mass is 32.2. The van der Waals surface area contributed by atoms with Crippen molar-refractivity contribution in [1.29, 1.82) is 0 Å². The van der Waals surface area contributed by atoms with Crippen LogP contribution in [-0.2, 0) is 9.53 Å². The molecule has 0 aliphatic rings. The Morgan fingerprint density at radius 2 is 2.00 bits per heavy atom. The van der Waals surface area contributed by atoms with Gasteiger partial charge in [-0.2, -0.15) is 0 Å². The van der Waals surface area contributed by atoms with E-state index in [4.69, 9.17) is 0 Å². The Kier molecular flexibility index (Phi) is 4.80. The Morgan fingerprint density at radius 3 is 2.72 bits per heavy atom. The molecule has 1 heterocycles. The second-order valence-corrected chi connectivity index (χ2v) is 5.96. The number of aromatic nitrogens is 2. The number of methoxy groups -OCH3 is 1. The lowest BCUT2D eigenvalue weighted by molar-refractivity contribution is -0.137. The van der Waals surface area contributed by atoms with E-state index in [2.05, 4.69) is 9.72 Å². The summed E-state index contributed by atoms with van der Waals surface area (Å²) in [6.45, 7) is 0. The second-order valence-electron chi connectivity index (χ2n) is 5.01. The maximum Gasteiger partial charge on any atom is 0.316 e. The van der Waals surface area contributed by atoms with Gasteiger partial charge in [-0.25, -0.2) is 13.8 Å². The van der Waals surface area contributed by atoms with Gasteiger partial charge in [0.25, 0.3) is 5.56 Å². The molecule has 3 rings (SSSR count). The summed E-state index contributed by atoms with van der Waals surface area (Å²) in [4.78, 5) is 28.6. The first-order valence-electron chi connectivity index (χ1n) is 7.18. The largest absolute Gasteiger partial charge is 0.468 e. The third-order valence-corrected chi connectivity index (χ3v) is 4.35. The van der Waals surface area contributed by atoms with Gasteiger partial charge in [-0.1, -0.05) is 23.9 Å². The number of fused-ring (bicyclic) bond motifs is 1. The van der Waals surface area contributed by atoms with Crippen LogP contribution in [0.3, 0.4) is 0 Å². The van der Waals surface area contributed by atoms with Crippen molar-refractivity contribution >= 4 is 28.6 Å². The van der Waals surface area contributed by atoms with Gasteiger partial charge < -0.3 is 4.74 Å². The van der Waals surface area contributed by atoms with Crippen LogP contribution in [0.15, 0.2) is 52.4 Å². The highest BCUT2D eigenvalue weighted by molar-refractivity contribution is 7.99. The van der Waals surface area contributed by atoms with Gasteiger partial charge in [-0.05, 0) is 24.3 Å². The SMILES string of the molecule is COC(=O)CSc1nc2ccccc2c(=O)n1-c1ccc(F)cc1F. The van der Waals surface area contributed by atoms with Crippen LogP contribution in [0.5, 0.6) is 0 Å². The number of benzene rings is 2. The van der Waals surface area contributed by atoms with E-state index in [0.29, 0.717) is 11.6 Å². The lowest BCUT2D eigenvalue weighted by atomic mass is 10.2. The zero-order valence-electron chi connectivity index (χ0n) is 13.0. The first-order chi connectivity index (χ1) is 12.0. The standard InChI is InChI=1S/C17H12F2N2O3S/c1-24-15(22)9-25-17-20-13-5-3-2-4-11(13)16(23)21(17)14-7-6-10(18)8-12(14)19/h2-8H,9H2,1H3. The molecule has 128 valence electrons. The van der Waals surface area contributed by atoms with Crippen LogP contribution in [0.1, 0.15) is 0 Å². The van der Waals surface area contributed by atoms with Gasteiger partial charge >= 0.3 is 5.97 Å². The van der Waals surface area contributed by atoms with E-state index in [9.17, 15) is 18.4 Å². The van der Waals surface area contributed by atoms with Crippen LogP contribution < -0.4 is 5.56 Å². The average molecular weight is 362 g/mol. The molecular formula is C17H12F2N2O3S. The molecule has 0 saturated carbocycles. The molecule has 0 saturated heterocycles. The summed E-state index contributed by atoms with van der Waals surface area (Å²) in [6.07, 6.45) is 0. The quantitative estimate of drug-likeness (QED) is 0.406. The highest BCUT2D eigenvalue weighted by Gasteiger charge is 2.17. The molecule has 5 nitrogen and oxygen atoms in total. The van der Waals surface area contributed by atoms with E-state index in [-0.39, 0.29) is 22.0 Å². The van der Waals surface area contributed by atoms with Crippen molar-refractivity contribution in [3.05, 3.63) is 64.5 Å². The Morgan fingerprint density at radius 1 is 1.24 bits per heavy atom. The van der Waals surface area contributed by atoms with Gasteiger partial charge in [0.2, 0.25) is 0 Å². The van der Waals surface area contributed by atoms with Crippen molar-refractivity contribution in [3.63, 3.8) is 0 Å². The molecular weight excluding hydrogens is 350 g/mol. The van der Waals surface area contributed by atoms with E-state index in [1.807, 2.05) is 0 Å². The van der Waals surface area contributed by atoms with Crippen molar-refractivity contribution in [1.82, 2.24) is 9.55 Å². The first kappa shape index (κ1) is 17.1. The zero-order chi connectivity index (χ0) is 18.0. The number of esters is 1. The van der Waals surface area contributed by atoms with E-state index < -0.39 is 23.2 Å². The fourth-order valence-electron chi connectivity index (χ4n) is 2.27. The van der Waals surface area contributed by atoms with Crippen LogP contribution in [0.25, 0.3) is 16.6 Å². The molecule has 0 unspecified atom stereocenters. The maximum absolute atomic E-state index is 14.2. The van der Waals surface area contributed by atoms with Gasteiger partial charge in [0, 0.05) is 6.07 Å². The molecule has 0 N–H and O–H groups in total. The number of rotatable bonds is 4. The topological polar surface area (TPSA) is 61.2 Å². The molecule has 0 atom stereocenters. The second kappa shape index (κ2) is 7.02. The monoisotopic (exact) mass is 362 g/mol. The predicted molar refractivity (Wildman–Crippen MR) is 90.0 cm³/mol. The van der Waals surface area contributed by atoms with Gasteiger partial charge in [0.05, 0.1) is 29.5 Å². The number of carbonyl (C=O) groups is 1. The third-order valence-electron chi connectivity index (χ3n) is 3.44. The smallest absolute Gasteiger partial charge is 0.316 e. The van der Waals surface area contributed by atoms with Crippen molar-refractivity contribution < 1.29 is 18.3 Å².